The fourth-order valence-corrected chi connectivity index (χ4v) is 4.61. The normalized spacial score (nSPS) is 17.9. The van der Waals surface area contributed by atoms with Gasteiger partial charge in [-0.3, -0.25) is 4.79 Å². The average Bonchev–Trinajstić information content (AvgIpc) is 2.98. The van der Waals surface area contributed by atoms with Crippen molar-refractivity contribution < 1.29 is 4.79 Å². The van der Waals surface area contributed by atoms with Crippen LogP contribution < -0.4 is 4.90 Å². The maximum atomic E-state index is 13.1. The molecule has 0 amide bonds. The second-order valence-corrected chi connectivity index (χ2v) is 8.33. The van der Waals surface area contributed by atoms with Crippen LogP contribution in [0.2, 0.25) is 0 Å². The smallest absolute Gasteiger partial charge is 0.163 e. The molecule has 0 bridgehead atoms. The lowest BCUT2D eigenvalue weighted by atomic mass is 9.99. The van der Waals surface area contributed by atoms with Crippen LogP contribution >= 0.6 is 0 Å². The molecule has 0 saturated carbocycles. The van der Waals surface area contributed by atoms with Gasteiger partial charge in [-0.05, 0) is 48.9 Å². The molecule has 3 aromatic rings. The predicted molar refractivity (Wildman–Crippen MR) is 120 cm³/mol. The quantitative estimate of drug-likeness (QED) is 0.668. The van der Waals surface area contributed by atoms with Crippen LogP contribution in [0.3, 0.4) is 0 Å². The number of hydrogen-bond donors (Lipinski definition) is 0. The minimum atomic E-state index is 0.235. The SMILES string of the molecule is CN1CCN(c2ccc3c(c2)CCC(=O)C(c2cn(C)c4ccccc24)=C3)CC1. The van der Waals surface area contributed by atoms with Crippen LogP contribution in [0.5, 0.6) is 0 Å². The fraction of sp³-hybridized carbons (Fsp3) is 0.320. The van der Waals surface area contributed by atoms with E-state index in [4.69, 9.17) is 0 Å². The van der Waals surface area contributed by atoms with E-state index >= 15 is 0 Å². The highest BCUT2D eigenvalue weighted by atomic mass is 16.1. The van der Waals surface area contributed by atoms with Crippen LogP contribution in [-0.4, -0.2) is 48.5 Å². The number of likely N-dealkylation sites (N-methyl/N-ethyl adjacent to an activating group) is 1. The summed E-state index contributed by atoms with van der Waals surface area (Å²) in [5, 5.41) is 1.15. The standard InChI is InChI=1S/C25H27N3O/c1-26-11-13-28(14-12-26)20-9-7-19-16-22(25(29)10-8-18(19)15-20)23-17-27(2)24-6-4-3-5-21(23)24/h3-7,9,15-17H,8,10-14H2,1-2H3. The van der Waals surface area contributed by atoms with Crippen LogP contribution in [0.1, 0.15) is 23.1 Å². The van der Waals surface area contributed by atoms with Crippen molar-refractivity contribution in [3.8, 4) is 0 Å². The summed E-state index contributed by atoms with van der Waals surface area (Å²) >= 11 is 0. The highest BCUT2D eigenvalue weighted by molar-refractivity contribution is 6.28. The van der Waals surface area contributed by atoms with Crippen molar-refractivity contribution in [3.63, 3.8) is 0 Å². The number of nitrogens with zero attached hydrogens (tertiary/aromatic N) is 3. The van der Waals surface area contributed by atoms with E-state index < -0.39 is 0 Å². The van der Waals surface area contributed by atoms with Gasteiger partial charge in [0.05, 0.1) is 0 Å². The lowest BCUT2D eigenvalue weighted by molar-refractivity contribution is -0.113. The molecule has 5 rings (SSSR count). The number of rotatable bonds is 2. The first-order valence-electron chi connectivity index (χ1n) is 10.5. The topological polar surface area (TPSA) is 28.5 Å². The number of anilines is 1. The highest BCUT2D eigenvalue weighted by Gasteiger charge is 2.22. The summed E-state index contributed by atoms with van der Waals surface area (Å²) in [4.78, 5) is 17.9. The first kappa shape index (κ1) is 18.2. The zero-order valence-corrected chi connectivity index (χ0v) is 17.2. The number of hydrogen-bond acceptors (Lipinski definition) is 3. The predicted octanol–water partition coefficient (Wildman–Crippen LogP) is 3.99. The maximum absolute atomic E-state index is 13.1. The number of ketones is 1. The number of carbonyl (C=O) groups is 1. The van der Waals surface area contributed by atoms with E-state index in [0.29, 0.717) is 6.42 Å². The van der Waals surface area contributed by atoms with Gasteiger partial charge in [0.2, 0.25) is 0 Å². The third-order valence-electron chi connectivity index (χ3n) is 6.40. The number of aryl methyl sites for hydroxylation is 2. The molecule has 148 valence electrons. The molecule has 0 N–H and O–H groups in total. The summed E-state index contributed by atoms with van der Waals surface area (Å²) in [6, 6.07) is 15.0. The molecule has 0 unspecified atom stereocenters. The van der Waals surface area contributed by atoms with Gasteiger partial charge >= 0.3 is 0 Å². The highest BCUT2D eigenvalue weighted by Crippen LogP contribution is 2.34. The zero-order chi connectivity index (χ0) is 20.0. The van der Waals surface area contributed by atoms with Crippen molar-refractivity contribution >= 4 is 34.0 Å². The average molecular weight is 386 g/mol. The summed E-state index contributed by atoms with van der Waals surface area (Å²) in [5.74, 6) is 0.235. The van der Waals surface area contributed by atoms with E-state index in [1.165, 1.54) is 16.8 Å². The largest absolute Gasteiger partial charge is 0.369 e. The lowest BCUT2D eigenvalue weighted by Crippen LogP contribution is -2.44. The van der Waals surface area contributed by atoms with Crippen molar-refractivity contribution in [2.75, 3.05) is 38.1 Å². The van der Waals surface area contributed by atoms with Crippen LogP contribution in [0.15, 0.2) is 48.7 Å². The molecule has 29 heavy (non-hydrogen) atoms. The molecule has 2 aromatic carbocycles. The number of aromatic nitrogens is 1. The molecule has 4 heteroatoms. The van der Waals surface area contributed by atoms with Gasteiger partial charge in [-0.25, -0.2) is 0 Å². The number of piperazine rings is 1. The zero-order valence-electron chi connectivity index (χ0n) is 17.2. The molecule has 1 aliphatic heterocycles. The van der Waals surface area contributed by atoms with Crippen molar-refractivity contribution in [3.05, 3.63) is 65.4 Å². The number of fused-ring (bicyclic) bond motifs is 2. The third-order valence-corrected chi connectivity index (χ3v) is 6.40. The molecule has 1 fully saturated rings. The van der Waals surface area contributed by atoms with Crippen LogP contribution in [0.4, 0.5) is 5.69 Å². The Bertz CT molecular complexity index is 1120. The molecule has 1 aromatic heterocycles. The van der Waals surface area contributed by atoms with Gasteiger partial charge in [0.1, 0.15) is 0 Å². The van der Waals surface area contributed by atoms with Crippen LogP contribution in [0.25, 0.3) is 22.6 Å². The Morgan fingerprint density at radius 2 is 1.69 bits per heavy atom. The molecule has 4 nitrogen and oxygen atoms in total. The Balaban J connectivity index is 1.54. The van der Waals surface area contributed by atoms with Gasteiger partial charge in [-0.15, -0.1) is 0 Å². The molecule has 0 radical (unpaired) electrons. The van der Waals surface area contributed by atoms with E-state index in [9.17, 15) is 4.79 Å². The van der Waals surface area contributed by atoms with Gasteiger partial charge in [0, 0.05) is 73.6 Å². The summed E-state index contributed by atoms with van der Waals surface area (Å²) in [6.45, 7) is 4.32. The first-order chi connectivity index (χ1) is 14.1. The Morgan fingerprint density at radius 3 is 2.52 bits per heavy atom. The maximum Gasteiger partial charge on any atom is 0.163 e. The van der Waals surface area contributed by atoms with Crippen molar-refractivity contribution in [1.29, 1.82) is 0 Å². The molecule has 2 aliphatic rings. The monoisotopic (exact) mass is 385 g/mol. The summed E-state index contributed by atoms with van der Waals surface area (Å²) in [5.41, 5.74) is 6.79. The van der Waals surface area contributed by atoms with E-state index in [1.807, 2.05) is 19.2 Å². The number of carbonyl (C=O) groups excluding carboxylic acids is 1. The van der Waals surface area contributed by atoms with Gasteiger partial charge in [0.25, 0.3) is 0 Å². The molecule has 0 spiro atoms. The Morgan fingerprint density at radius 1 is 0.897 bits per heavy atom. The van der Waals surface area contributed by atoms with Gasteiger partial charge in [-0.1, -0.05) is 24.3 Å². The molecule has 2 heterocycles. The fourth-order valence-electron chi connectivity index (χ4n) is 4.61. The number of benzene rings is 2. The van der Waals surface area contributed by atoms with Crippen LogP contribution in [0, 0.1) is 0 Å². The molecule has 0 atom stereocenters. The number of Topliss-reactive ketones (excluding diaryl/α,β-unsaturated/α-hetero) is 1. The van der Waals surface area contributed by atoms with E-state index in [2.05, 4.69) is 64.0 Å². The Labute approximate surface area is 172 Å². The first-order valence-corrected chi connectivity index (χ1v) is 10.5. The number of para-hydroxylation sites is 1. The summed E-state index contributed by atoms with van der Waals surface area (Å²) in [7, 11) is 4.23. The van der Waals surface area contributed by atoms with Crippen molar-refractivity contribution in [2.45, 2.75) is 12.8 Å². The third kappa shape index (κ3) is 3.28. The number of allylic oxidation sites excluding steroid dienone is 1. The molecular weight excluding hydrogens is 358 g/mol. The van der Waals surface area contributed by atoms with Gasteiger partial charge < -0.3 is 14.4 Å². The van der Waals surface area contributed by atoms with Crippen LogP contribution in [-0.2, 0) is 18.3 Å². The van der Waals surface area contributed by atoms with Gasteiger partial charge in [-0.2, -0.15) is 0 Å². The second-order valence-electron chi connectivity index (χ2n) is 8.33. The van der Waals surface area contributed by atoms with E-state index in [-0.39, 0.29) is 5.78 Å². The Hall–Kier alpha value is -2.85. The second kappa shape index (κ2) is 7.20. The molecule has 1 aliphatic carbocycles. The lowest BCUT2D eigenvalue weighted by Gasteiger charge is -2.34. The summed E-state index contributed by atoms with van der Waals surface area (Å²) < 4.78 is 2.11. The molecule has 1 saturated heterocycles. The summed E-state index contributed by atoms with van der Waals surface area (Å²) in [6.07, 6.45) is 5.58. The van der Waals surface area contributed by atoms with E-state index in [0.717, 1.165) is 54.6 Å². The van der Waals surface area contributed by atoms with Crippen molar-refractivity contribution in [1.82, 2.24) is 9.47 Å². The minimum Gasteiger partial charge on any atom is -0.369 e. The minimum absolute atomic E-state index is 0.235. The van der Waals surface area contributed by atoms with Gasteiger partial charge in [0.15, 0.2) is 5.78 Å². The van der Waals surface area contributed by atoms with Crippen molar-refractivity contribution in [2.24, 2.45) is 7.05 Å². The van der Waals surface area contributed by atoms with E-state index in [1.54, 1.807) is 0 Å². The molecular formula is C25H27N3O. The Kier molecular flexibility index (Phi) is 4.51.